The van der Waals surface area contributed by atoms with Gasteiger partial charge in [-0.25, -0.2) is 17.8 Å². The Balaban J connectivity index is 3.03. The maximum atomic E-state index is 10.9. The molecule has 0 spiro atoms. The van der Waals surface area contributed by atoms with Crippen LogP contribution >= 0.6 is 0 Å². The Morgan fingerprint density at radius 1 is 1.08 bits per heavy atom. The zero-order valence-electron chi connectivity index (χ0n) is 7.54. The van der Waals surface area contributed by atoms with Gasteiger partial charge in [0.25, 0.3) is 0 Å². The largest absolute Gasteiger partial charge is 0.238 e. The van der Waals surface area contributed by atoms with Gasteiger partial charge in [0.15, 0.2) is 0 Å². The predicted octanol–water partition coefficient (Wildman–Crippen LogP) is 0.496. The van der Waals surface area contributed by atoms with Crippen molar-refractivity contribution in [3.8, 4) is 0 Å². The van der Waals surface area contributed by atoms with Gasteiger partial charge < -0.3 is 0 Å². The Kier molecular flexibility index (Phi) is 3.27. The second-order valence-electron chi connectivity index (χ2n) is 2.71. The Morgan fingerprint density at radius 2 is 1.62 bits per heavy atom. The van der Waals surface area contributed by atoms with Crippen molar-refractivity contribution >= 4 is 16.6 Å². The van der Waals surface area contributed by atoms with E-state index in [1.54, 1.807) is 38.4 Å². The number of rotatable bonds is 3. The van der Waals surface area contributed by atoms with E-state index in [1.807, 2.05) is 6.07 Å². The molecule has 0 heterocycles. The first-order valence-corrected chi connectivity index (χ1v) is 4.92. The summed E-state index contributed by atoms with van der Waals surface area (Å²) in [4.78, 5) is 0. The van der Waals surface area contributed by atoms with Gasteiger partial charge in [0.2, 0.25) is 10.9 Å². The lowest BCUT2D eigenvalue weighted by Gasteiger charge is -2.23. The lowest BCUT2D eigenvalue weighted by atomic mass is 10.3. The summed E-state index contributed by atoms with van der Waals surface area (Å²) in [6, 6.07) is 8.92. The molecular weight excluding hydrogens is 188 g/mol. The lowest BCUT2D eigenvalue weighted by molar-refractivity contribution is 0.431. The van der Waals surface area contributed by atoms with Gasteiger partial charge in [-0.1, -0.05) is 18.2 Å². The lowest BCUT2D eigenvalue weighted by Crippen LogP contribution is -2.35. The van der Waals surface area contributed by atoms with Crippen molar-refractivity contribution in [3.05, 3.63) is 30.3 Å². The average Bonchev–Trinajstić information content (AvgIpc) is 2.04. The van der Waals surface area contributed by atoms with Crippen molar-refractivity contribution in [1.29, 1.82) is 0 Å². The van der Waals surface area contributed by atoms with Crippen molar-refractivity contribution < 1.29 is 8.42 Å². The molecule has 1 rings (SSSR count). The number of hydrogen-bond donors (Lipinski definition) is 1. The number of hydrogen-bond acceptors (Lipinski definition) is 3. The van der Waals surface area contributed by atoms with Gasteiger partial charge in [0, 0.05) is 14.1 Å². The van der Waals surface area contributed by atoms with Gasteiger partial charge in [-0.3, -0.25) is 0 Å². The Labute approximate surface area is 79.4 Å². The summed E-state index contributed by atoms with van der Waals surface area (Å²) in [6.07, 6.45) is 0. The first-order chi connectivity index (χ1) is 6.13. The third-order valence-electron chi connectivity index (χ3n) is 1.52. The molecule has 5 heteroatoms. The zero-order valence-corrected chi connectivity index (χ0v) is 8.44. The first-order valence-electron chi connectivity index (χ1n) is 3.79. The van der Waals surface area contributed by atoms with Gasteiger partial charge in [0.05, 0.1) is 5.69 Å². The fourth-order valence-corrected chi connectivity index (χ4v) is 1.65. The molecule has 0 bridgehead atoms. The van der Waals surface area contributed by atoms with Crippen LogP contribution in [-0.4, -0.2) is 27.5 Å². The SMILES string of the molecule is CN(C)N(c1ccccc1)[SH](=O)=O. The first kappa shape index (κ1) is 10.0. The van der Waals surface area contributed by atoms with Crippen LogP contribution in [0.4, 0.5) is 5.69 Å². The molecule has 0 N–H and O–H groups in total. The highest BCUT2D eigenvalue weighted by molar-refractivity contribution is 7.73. The van der Waals surface area contributed by atoms with E-state index in [2.05, 4.69) is 0 Å². The quantitative estimate of drug-likeness (QED) is 0.570. The van der Waals surface area contributed by atoms with E-state index in [9.17, 15) is 8.42 Å². The monoisotopic (exact) mass is 200 g/mol. The van der Waals surface area contributed by atoms with E-state index in [4.69, 9.17) is 0 Å². The predicted molar refractivity (Wildman–Crippen MR) is 52.9 cm³/mol. The molecule has 0 saturated carbocycles. The maximum Gasteiger partial charge on any atom is 0.238 e. The summed E-state index contributed by atoms with van der Waals surface area (Å²) in [5.74, 6) is 0. The average molecular weight is 200 g/mol. The van der Waals surface area contributed by atoms with Crippen molar-refractivity contribution in [2.45, 2.75) is 0 Å². The summed E-state index contributed by atoms with van der Waals surface area (Å²) >= 11 is 0. The van der Waals surface area contributed by atoms with E-state index in [-0.39, 0.29) is 0 Å². The minimum Gasteiger partial charge on any atom is -0.213 e. The van der Waals surface area contributed by atoms with E-state index in [0.29, 0.717) is 5.69 Å². The van der Waals surface area contributed by atoms with Crippen LogP contribution in [0.2, 0.25) is 0 Å². The molecule has 72 valence electrons. The summed E-state index contributed by atoms with van der Waals surface area (Å²) in [6.45, 7) is 0. The number of anilines is 1. The highest BCUT2D eigenvalue weighted by Gasteiger charge is 2.09. The molecule has 0 saturated heterocycles. The standard InChI is InChI=1S/C8H12N2O2S/c1-9(2)10(13(11)12)8-6-4-3-5-7-8/h3-7,13H,1-2H3. The summed E-state index contributed by atoms with van der Waals surface area (Å²) < 4.78 is 22.9. The van der Waals surface area contributed by atoms with Crippen LogP contribution in [0.25, 0.3) is 0 Å². The second kappa shape index (κ2) is 4.25. The molecule has 0 amide bonds. The molecule has 1 aromatic rings. The smallest absolute Gasteiger partial charge is 0.213 e. The highest BCUT2D eigenvalue weighted by atomic mass is 32.2. The highest BCUT2D eigenvalue weighted by Crippen LogP contribution is 2.13. The maximum absolute atomic E-state index is 10.9. The molecule has 0 atom stereocenters. The zero-order chi connectivity index (χ0) is 9.84. The molecule has 1 aromatic carbocycles. The minimum atomic E-state index is -2.62. The molecule has 0 fully saturated rings. The van der Waals surface area contributed by atoms with Crippen LogP contribution in [0.1, 0.15) is 0 Å². The second-order valence-corrected chi connectivity index (χ2v) is 3.56. The van der Waals surface area contributed by atoms with Crippen LogP contribution in [0, 0.1) is 0 Å². The molecule has 0 unspecified atom stereocenters. The van der Waals surface area contributed by atoms with Crippen LogP contribution < -0.4 is 4.41 Å². The van der Waals surface area contributed by atoms with Crippen molar-refractivity contribution in [2.24, 2.45) is 0 Å². The fraction of sp³-hybridized carbons (Fsp3) is 0.250. The number of nitrogens with zero attached hydrogens (tertiary/aromatic N) is 2. The van der Waals surface area contributed by atoms with Crippen LogP contribution in [0.15, 0.2) is 30.3 Å². The molecule has 4 nitrogen and oxygen atoms in total. The van der Waals surface area contributed by atoms with Crippen molar-refractivity contribution in [1.82, 2.24) is 5.01 Å². The molecular formula is C8H12N2O2S. The van der Waals surface area contributed by atoms with Gasteiger partial charge >= 0.3 is 0 Å². The molecule has 0 radical (unpaired) electrons. The molecule has 0 aliphatic rings. The number of para-hydroxylation sites is 1. The van der Waals surface area contributed by atoms with Crippen LogP contribution in [0.5, 0.6) is 0 Å². The van der Waals surface area contributed by atoms with E-state index >= 15 is 0 Å². The van der Waals surface area contributed by atoms with E-state index < -0.39 is 10.9 Å². The molecule has 13 heavy (non-hydrogen) atoms. The van der Waals surface area contributed by atoms with Crippen molar-refractivity contribution in [3.63, 3.8) is 0 Å². The molecule has 0 aromatic heterocycles. The summed E-state index contributed by atoms with van der Waals surface area (Å²) in [5, 5.41) is 1.51. The van der Waals surface area contributed by atoms with Crippen LogP contribution in [-0.2, 0) is 10.9 Å². The van der Waals surface area contributed by atoms with Gasteiger partial charge in [-0.2, -0.15) is 0 Å². The van der Waals surface area contributed by atoms with Crippen LogP contribution in [0.3, 0.4) is 0 Å². The Hall–Kier alpha value is -1.07. The van der Waals surface area contributed by atoms with E-state index in [1.165, 1.54) is 9.42 Å². The summed E-state index contributed by atoms with van der Waals surface area (Å²) in [5.41, 5.74) is 0.642. The minimum absolute atomic E-state index is 0.642. The summed E-state index contributed by atoms with van der Waals surface area (Å²) in [7, 11) is 0.737. The number of hydrazine groups is 1. The molecule has 0 aliphatic carbocycles. The number of benzene rings is 1. The van der Waals surface area contributed by atoms with Gasteiger partial charge in [-0.15, -0.1) is 0 Å². The van der Waals surface area contributed by atoms with Gasteiger partial charge in [-0.05, 0) is 12.1 Å². The Morgan fingerprint density at radius 3 is 2.00 bits per heavy atom. The van der Waals surface area contributed by atoms with Crippen molar-refractivity contribution in [2.75, 3.05) is 18.5 Å². The number of thiol groups is 1. The van der Waals surface area contributed by atoms with E-state index in [0.717, 1.165) is 0 Å². The fourth-order valence-electron chi connectivity index (χ4n) is 1.03. The normalized spacial score (nSPS) is 10.8. The Bertz CT molecular complexity index is 327. The third-order valence-corrected chi connectivity index (χ3v) is 2.42. The topological polar surface area (TPSA) is 40.6 Å². The third kappa shape index (κ3) is 2.43. The molecule has 0 aliphatic heterocycles. The van der Waals surface area contributed by atoms with Gasteiger partial charge in [0.1, 0.15) is 0 Å².